The zero-order valence-electron chi connectivity index (χ0n) is 16.8. The highest BCUT2D eigenvalue weighted by Gasteiger charge is 2.51. The molecule has 6 heteroatoms. The zero-order chi connectivity index (χ0) is 19.9. The van der Waals surface area contributed by atoms with E-state index in [1.807, 2.05) is 13.1 Å². The predicted molar refractivity (Wildman–Crippen MR) is 104 cm³/mol. The van der Waals surface area contributed by atoms with Crippen LogP contribution in [0.2, 0.25) is 0 Å². The number of rotatable bonds is 5. The summed E-state index contributed by atoms with van der Waals surface area (Å²) >= 11 is 0. The largest absolute Gasteiger partial charge is 0.332 e. The summed E-state index contributed by atoms with van der Waals surface area (Å²) in [6.45, 7) is 2.31. The molecule has 28 heavy (non-hydrogen) atoms. The van der Waals surface area contributed by atoms with Crippen LogP contribution in [-0.4, -0.2) is 30.6 Å². The van der Waals surface area contributed by atoms with Crippen molar-refractivity contribution in [2.75, 3.05) is 7.05 Å². The van der Waals surface area contributed by atoms with E-state index in [1.54, 1.807) is 13.0 Å². The number of quaternary nitrogens is 1. The van der Waals surface area contributed by atoms with Crippen LogP contribution >= 0.6 is 0 Å². The first-order chi connectivity index (χ1) is 13.3. The van der Waals surface area contributed by atoms with Gasteiger partial charge in [0, 0.05) is 11.1 Å². The first-order valence-electron chi connectivity index (χ1n) is 10.5. The minimum Gasteiger partial charge on any atom is -0.332 e. The Hall–Kier alpha value is -1.95. The fourth-order valence-corrected chi connectivity index (χ4v) is 6.10. The van der Waals surface area contributed by atoms with Gasteiger partial charge in [-0.25, -0.2) is 9.18 Å². The molecule has 0 heterocycles. The monoisotopic (exact) mass is 388 g/mol. The van der Waals surface area contributed by atoms with Crippen molar-refractivity contribution in [2.45, 2.75) is 63.6 Å². The molecule has 4 bridgehead atoms. The van der Waals surface area contributed by atoms with Gasteiger partial charge >= 0.3 is 6.03 Å². The van der Waals surface area contributed by atoms with Crippen LogP contribution < -0.4 is 15.5 Å². The third-order valence-electron chi connectivity index (χ3n) is 7.16. The van der Waals surface area contributed by atoms with Gasteiger partial charge < -0.3 is 10.2 Å². The quantitative estimate of drug-likeness (QED) is 0.723. The SMILES string of the molecule is C[C@H](C(=O)NC(=O)NC12CC3CC(CC(C3)C1)C2)[NH+](C)Cc1cccc(F)c1. The molecule has 3 N–H and O–H groups in total. The molecule has 5 nitrogen and oxygen atoms in total. The first-order valence-corrected chi connectivity index (χ1v) is 10.5. The molecule has 4 aliphatic rings. The number of nitrogens with one attached hydrogen (secondary N) is 3. The van der Waals surface area contributed by atoms with Crippen LogP contribution in [0, 0.1) is 23.6 Å². The summed E-state index contributed by atoms with van der Waals surface area (Å²) in [5.74, 6) is 1.64. The van der Waals surface area contributed by atoms with Gasteiger partial charge in [-0.3, -0.25) is 10.1 Å². The maximum atomic E-state index is 13.4. The molecule has 0 saturated heterocycles. The second-order valence-corrected chi connectivity index (χ2v) is 9.52. The molecule has 152 valence electrons. The molecule has 4 fully saturated rings. The van der Waals surface area contributed by atoms with Crippen molar-refractivity contribution < 1.29 is 18.9 Å². The lowest BCUT2D eigenvalue weighted by Crippen LogP contribution is -3.12. The standard InChI is InChI=1S/C22H30FN3O2/c1-14(26(2)13-15-4-3-5-19(23)9-15)20(27)24-21(28)25-22-10-16-6-17(11-22)8-18(7-16)12-22/h3-5,9,14,16-18H,6-8,10-13H2,1-2H3,(H2,24,25,27,28)/p+1/t14-,16?,17?,18?,22?/m1/s1. The van der Waals surface area contributed by atoms with Crippen molar-refractivity contribution in [1.29, 1.82) is 0 Å². The lowest BCUT2D eigenvalue weighted by molar-refractivity contribution is -0.908. The molecule has 0 spiro atoms. The maximum Gasteiger partial charge on any atom is 0.322 e. The van der Waals surface area contributed by atoms with Crippen LogP contribution in [0.4, 0.5) is 9.18 Å². The average Bonchev–Trinajstić information content (AvgIpc) is 2.59. The zero-order valence-corrected chi connectivity index (χ0v) is 16.8. The van der Waals surface area contributed by atoms with E-state index in [1.165, 1.54) is 31.4 Å². The van der Waals surface area contributed by atoms with Crippen LogP contribution in [0.5, 0.6) is 0 Å². The van der Waals surface area contributed by atoms with E-state index in [2.05, 4.69) is 10.6 Å². The van der Waals surface area contributed by atoms with Crippen LogP contribution in [-0.2, 0) is 11.3 Å². The second kappa shape index (κ2) is 7.47. The topological polar surface area (TPSA) is 62.6 Å². The smallest absolute Gasteiger partial charge is 0.322 e. The van der Waals surface area contributed by atoms with Gasteiger partial charge in [-0.05, 0) is 75.3 Å². The third-order valence-corrected chi connectivity index (χ3v) is 7.16. The highest BCUT2D eigenvalue weighted by Crippen LogP contribution is 2.55. The molecule has 3 amide bonds. The highest BCUT2D eigenvalue weighted by molar-refractivity contribution is 5.96. The Bertz CT molecular complexity index is 731. The molecule has 1 unspecified atom stereocenters. The Morgan fingerprint density at radius 2 is 1.79 bits per heavy atom. The van der Waals surface area contributed by atoms with Gasteiger partial charge in [0.15, 0.2) is 6.04 Å². The Morgan fingerprint density at radius 3 is 2.36 bits per heavy atom. The fourth-order valence-electron chi connectivity index (χ4n) is 6.10. The molecular weight excluding hydrogens is 357 g/mol. The van der Waals surface area contributed by atoms with Gasteiger partial charge in [-0.1, -0.05) is 12.1 Å². The molecule has 2 atom stereocenters. The summed E-state index contributed by atoms with van der Waals surface area (Å²) in [6.07, 6.45) is 7.11. The minimum absolute atomic E-state index is 0.108. The number of carbonyl (C=O) groups excluding carboxylic acids is 2. The summed E-state index contributed by atoms with van der Waals surface area (Å²) in [4.78, 5) is 26.0. The van der Waals surface area contributed by atoms with Crippen molar-refractivity contribution in [2.24, 2.45) is 17.8 Å². The van der Waals surface area contributed by atoms with Gasteiger partial charge in [0.2, 0.25) is 0 Å². The van der Waals surface area contributed by atoms with E-state index in [9.17, 15) is 14.0 Å². The van der Waals surface area contributed by atoms with Crippen LogP contribution in [0.3, 0.4) is 0 Å². The molecular formula is C22H31FN3O2+. The van der Waals surface area contributed by atoms with Gasteiger partial charge in [0.25, 0.3) is 5.91 Å². The normalized spacial score (nSPS) is 32.6. The summed E-state index contributed by atoms with van der Waals surface area (Å²) in [7, 11) is 1.88. The summed E-state index contributed by atoms with van der Waals surface area (Å²) < 4.78 is 13.4. The van der Waals surface area contributed by atoms with Crippen molar-refractivity contribution >= 4 is 11.9 Å². The van der Waals surface area contributed by atoms with Crippen LogP contribution in [0.15, 0.2) is 24.3 Å². The van der Waals surface area contributed by atoms with E-state index in [0.717, 1.165) is 47.5 Å². The van der Waals surface area contributed by atoms with Crippen molar-refractivity contribution in [1.82, 2.24) is 10.6 Å². The van der Waals surface area contributed by atoms with Crippen molar-refractivity contribution in [3.63, 3.8) is 0 Å². The van der Waals surface area contributed by atoms with Gasteiger partial charge in [-0.2, -0.15) is 0 Å². The number of likely N-dealkylation sites (N-methyl/N-ethyl adjacent to an activating group) is 1. The van der Waals surface area contributed by atoms with Gasteiger partial charge in [0.1, 0.15) is 12.4 Å². The third kappa shape index (κ3) is 4.07. The van der Waals surface area contributed by atoms with E-state index in [4.69, 9.17) is 0 Å². The van der Waals surface area contributed by atoms with E-state index >= 15 is 0 Å². The van der Waals surface area contributed by atoms with Gasteiger partial charge in [-0.15, -0.1) is 0 Å². The molecule has 4 saturated carbocycles. The number of benzene rings is 1. The minimum atomic E-state index is -0.412. The number of amides is 3. The molecule has 0 aromatic heterocycles. The Kier molecular flexibility index (Phi) is 5.17. The number of halogens is 1. The van der Waals surface area contributed by atoms with Gasteiger partial charge in [0.05, 0.1) is 7.05 Å². The molecule has 0 radical (unpaired) electrons. The summed E-state index contributed by atoms with van der Waals surface area (Å²) in [5.41, 5.74) is 0.720. The lowest BCUT2D eigenvalue weighted by atomic mass is 9.53. The van der Waals surface area contributed by atoms with Crippen molar-refractivity contribution in [3.05, 3.63) is 35.6 Å². The Balaban J connectivity index is 1.31. The first kappa shape index (κ1) is 19.4. The number of hydrogen-bond donors (Lipinski definition) is 3. The molecule has 1 aromatic carbocycles. The van der Waals surface area contributed by atoms with Crippen molar-refractivity contribution in [3.8, 4) is 0 Å². The highest BCUT2D eigenvalue weighted by atomic mass is 19.1. The summed E-state index contributed by atoms with van der Waals surface area (Å²) in [6, 6.07) is 5.62. The average molecular weight is 389 g/mol. The van der Waals surface area contributed by atoms with E-state index in [-0.39, 0.29) is 23.3 Å². The lowest BCUT2D eigenvalue weighted by Gasteiger charge is -2.56. The molecule has 4 aliphatic carbocycles. The fraction of sp³-hybridized carbons (Fsp3) is 0.636. The predicted octanol–water partition coefficient (Wildman–Crippen LogP) is 2.02. The number of urea groups is 1. The van der Waals surface area contributed by atoms with E-state index < -0.39 is 6.04 Å². The van der Waals surface area contributed by atoms with Crippen LogP contribution in [0.25, 0.3) is 0 Å². The van der Waals surface area contributed by atoms with E-state index in [0.29, 0.717) is 6.54 Å². The maximum absolute atomic E-state index is 13.4. The summed E-state index contributed by atoms with van der Waals surface area (Å²) in [5, 5.41) is 5.73. The molecule has 1 aromatic rings. The Morgan fingerprint density at radius 1 is 1.18 bits per heavy atom. The second-order valence-electron chi connectivity index (χ2n) is 9.52. The molecule has 5 rings (SSSR count). The number of hydrogen-bond acceptors (Lipinski definition) is 2. The van der Waals surface area contributed by atoms with Crippen LogP contribution in [0.1, 0.15) is 51.0 Å². The number of imide groups is 1. The Labute approximate surface area is 166 Å². The number of carbonyl (C=O) groups is 2. The molecule has 0 aliphatic heterocycles.